The van der Waals surface area contributed by atoms with Gasteiger partial charge in [-0.3, -0.25) is 9.67 Å². The van der Waals surface area contributed by atoms with E-state index in [0.29, 0.717) is 4.77 Å². The Morgan fingerprint density at radius 1 is 1.71 bits per heavy atom. The van der Waals surface area contributed by atoms with Crippen molar-refractivity contribution in [3.63, 3.8) is 0 Å². The number of H-pyrrole nitrogens is 1. The molecule has 0 bridgehead atoms. The molecule has 74 valence electrons. The number of hydrogen-bond acceptors (Lipinski definition) is 3. The predicted molar refractivity (Wildman–Crippen MR) is 63.3 cm³/mol. The minimum absolute atomic E-state index is 0.669. The molecular formula is C8H8BrN3S2. The van der Waals surface area contributed by atoms with Crippen LogP contribution in [0.1, 0.15) is 10.7 Å². The van der Waals surface area contributed by atoms with E-state index in [2.05, 4.69) is 31.5 Å². The third-order valence-electron chi connectivity index (χ3n) is 1.94. The smallest absolute Gasteiger partial charge is 0.195 e. The van der Waals surface area contributed by atoms with E-state index in [-0.39, 0.29) is 0 Å². The molecule has 0 fully saturated rings. The van der Waals surface area contributed by atoms with Crippen LogP contribution >= 0.6 is 39.5 Å². The van der Waals surface area contributed by atoms with Gasteiger partial charge in [0.05, 0.1) is 6.54 Å². The normalized spacial score (nSPS) is 10.7. The van der Waals surface area contributed by atoms with Crippen LogP contribution in [0.3, 0.4) is 0 Å². The monoisotopic (exact) mass is 289 g/mol. The molecule has 2 rings (SSSR count). The number of aromatic nitrogens is 3. The van der Waals surface area contributed by atoms with Gasteiger partial charge in [-0.2, -0.15) is 5.10 Å². The van der Waals surface area contributed by atoms with E-state index in [4.69, 9.17) is 12.2 Å². The lowest BCUT2D eigenvalue weighted by molar-refractivity contribution is 0.759. The molecule has 2 aromatic heterocycles. The summed E-state index contributed by atoms with van der Waals surface area (Å²) >= 11 is 10.3. The lowest BCUT2D eigenvalue weighted by Crippen LogP contribution is -2.00. The zero-order valence-corrected chi connectivity index (χ0v) is 10.7. The van der Waals surface area contributed by atoms with Crippen molar-refractivity contribution in [2.24, 2.45) is 0 Å². The summed E-state index contributed by atoms with van der Waals surface area (Å²) in [5, 5.41) is 8.89. The van der Waals surface area contributed by atoms with E-state index >= 15 is 0 Å². The second-order valence-corrected chi connectivity index (χ2v) is 5.10. The maximum absolute atomic E-state index is 5.12. The molecule has 1 N–H and O–H groups in total. The number of nitrogens with zero attached hydrogens (tertiary/aromatic N) is 2. The Kier molecular flexibility index (Phi) is 2.85. The van der Waals surface area contributed by atoms with E-state index in [1.807, 2.05) is 17.6 Å². The summed E-state index contributed by atoms with van der Waals surface area (Å²) in [4.78, 5) is 1.26. The average molecular weight is 290 g/mol. The van der Waals surface area contributed by atoms with Crippen molar-refractivity contribution in [1.29, 1.82) is 0 Å². The number of hydrogen-bond donors (Lipinski definition) is 1. The van der Waals surface area contributed by atoms with Gasteiger partial charge in [0, 0.05) is 9.35 Å². The predicted octanol–water partition coefficient (Wildman–Crippen LogP) is 3.12. The second-order valence-electron chi connectivity index (χ2n) is 2.85. The third kappa shape index (κ3) is 1.82. The number of thiophene rings is 1. The molecule has 0 saturated heterocycles. The van der Waals surface area contributed by atoms with Crippen molar-refractivity contribution < 1.29 is 0 Å². The highest BCUT2D eigenvalue weighted by molar-refractivity contribution is 9.10. The molecule has 0 amide bonds. The number of aryl methyl sites for hydroxylation is 1. The molecule has 0 aliphatic heterocycles. The molecule has 0 aliphatic rings. The molecule has 0 saturated carbocycles. The molecule has 3 nitrogen and oxygen atoms in total. The Balaban J connectivity index is 2.36. The van der Waals surface area contributed by atoms with Gasteiger partial charge in [0.15, 0.2) is 4.77 Å². The Hall–Kier alpha value is -0.460. The van der Waals surface area contributed by atoms with Gasteiger partial charge in [0.2, 0.25) is 0 Å². The molecule has 0 unspecified atom stereocenters. The topological polar surface area (TPSA) is 33.6 Å². The van der Waals surface area contributed by atoms with Crippen molar-refractivity contribution in [3.05, 3.63) is 31.4 Å². The summed E-state index contributed by atoms with van der Waals surface area (Å²) in [6.45, 7) is 2.72. The van der Waals surface area contributed by atoms with Crippen LogP contribution in [0.4, 0.5) is 0 Å². The second kappa shape index (κ2) is 3.96. The van der Waals surface area contributed by atoms with Gasteiger partial charge in [-0.25, -0.2) is 0 Å². The van der Waals surface area contributed by atoms with Crippen LogP contribution in [-0.4, -0.2) is 14.8 Å². The zero-order valence-electron chi connectivity index (χ0n) is 7.45. The first kappa shape index (κ1) is 10.1. The SMILES string of the molecule is Cc1n[nH]c(=S)n1Cc1sccc1Br. The van der Waals surface area contributed by atoms with Gasteiger partial charge in [-0.1, -0.05) is 0 Å². The lowest BCUT2D eigenvalue weighted by atomic mass is 10.4. The van der Waals surface area contributed by atoms with Gasteiger partial charge >= 0.3 is 0 Å². The largest absolute Gasteiger partial charge is 0.299 e. The average Bonchev–Trinajstić information content (AvgIpc) is 2.67. The molecule has 2 heterocycles. The van der Waals surface area contributed by atoms with Crippen molar-refractivity contribution in [2.45, 2.75) is 13.5 Å². The zero-order chi connectivity index (χ0) is 10.1. The van der Waals surface area contributed by atoms with Gasteiger partial charge in [0.1, 0.15) is 5.82 Å². The number of rotatable bonds is 2. The van der Waals surface area contributed by atoms with Crippen molar-refractivity contribution in [2.75, 3.05) is 0 Å². The Labute approximate surface area is 98.9 Å². The molecule has 0 atom stereocenters. The van der Waals surface area contributed by atoms with Gasteiger partial charge in [-0.15, -0.1) is 11.3 Å². The summed E-state index contributed by atoms with van der Waals surface area (Å²) < 4.78 is 3.78. The fraction of sp³-hybridized carbons (Fsp3) is 0.250. The van der Waals surface area contributed by atoms with E-state index in [0.717, 1.165) is 16.8 Å². The highest BCUT2D eigenvalue weighted by atomic mass is 79.9. The fourth-order valence-corrected chi connectivity index (χ4v) is 2.87. The number of aromatic amines is 1. The van der Waals surface area contributed by atoms with Crippen LogP contribution in [0.15, 0.2) is 15.9 Å². The van der Waals surface area contributed by atoms with E-state index in [1.54, 1.807) is 11.3 Å². The summed E-state index contributed by atoms with van der Waals surface area (Å²) in [7, 11) is 0. The van der Waals surface area contributed by atoms with Crippen molar-refractivity contribution >= 4 is 39.5 Å². The van der Waals surface area contributed by atoms with Crippen LogP contribution in [0.5, 0.6) is 0 Å². The minimum Gasteiger partial charge on any atom is -0.299 e. The molecule has 6 heteroatoms. The first-order valence-electron chi connectivity index (χ1n) is 4.02. The highest BCUT2D eigenvalue weighted by Crippen LogP contribution is 2.23. The van der Waals surface area contributed by atoms with Crippen LogP contribution in [-0.2, 0) is 6.54 Å². The van der Waals surface area contributed by atoms with E-state index < -0.39 is 0 Å². The quantitative estimate of drug-likeness (QED) is 0.862. The minimum atomic E-state index is 0.669. The van der Waals surface area contributed by atoms with Crippen LogP contribution in [0, 0.1) is 11.7 Å². The Bertz CT molecular complexity index is 497. The first-order chi connectivity index (χ1) is 6.68. The molecule has 0 aliphatic carbocycles. The standard InChI is InChI=1S/C8H8BrN3S2/c1-5-10-11-8(13)12(5)4-7-6(9)2-3-14-7/h2-3H,4H2,1H3,(H,11,13). The Morgan fingerprint density at radius 2 is 2.50 bits per heavy atom. The molecule has 14 heavy (non-hydrogen) atoms. The van der Waals surface area contributed by atoms with Gasteiger partial charge < -0.3 is 0 Å². The molecule has 0 spiro atoms. The summed E-state index contributed by atoms with van der Waals surface area (Å²) in [5.74, 6) is 0.912. The fourth-order valence-electron chi connectivity index (χ4n) is 1.16. The van der Waals surface area contributed by atoms with Gasteiger partial charge in [-0.05, 0) is 46.5 Å². The molecule has 0 aromatic carbocycles. The van der Waals surface area contributed by atoms with Crippen LogP contribution in [0.2, 0.25) is 0 Å². The molecule has 2 aromatic rings. The maximum atomic E-state index is 5.12. The van der Waals surface area contributed by atoms with E-state index in [9.17, 15) is 0 Å². The van der Waals surface area contributed by atoms with Crippen LogP contribution < -0.4 is 0 Å². The van der Waals surface area contributed by atoms with Crippen LogP contribution in [0.25, 0.3) is 0 Å². The Morgan fingerprint density at radius 3 is 3.00 bits per heavy atom. The van der Waals surface area contributed by atoms with E-state index in [1.165, 1.54) is 4.88 Å². The summed E-state index contributed by atoms with van der Waals surface area (Å²) in [6.07, 6.45) is 0. The summed E-state index contributed by atoms with van der Waals surface area (Å²) in [6, 6.07) is 2.04. The van der Waals surface area contributed by atoms with Crippen molar-refractivity contribution in [1.82, 2.24) is 14.8 Å². The highest BCUT2D eigenvalue weighted by Gasteiger charge is 2.05. The maximum Gasteiger partial charge on any atom is 0.195 e. The van der Waals surface area contributed by atoms with Crippen molar-refractivity contribution in [3.8, 4) is 0 Å². The van der Waals surface area contributed by atoms with Gasteiger partial charge in [0.25, 0.3) is 0 Å². The number of halogens is 1. The number of nitrogens with one attached hydrogen (secondary N) is 1. The first-order valence-corrected chi connectivity index (χ1v) is 6.10. The summed E-state index contributed by atoms with van der Waals surface area (Å²) in [5.41, 5.74) is 0. The molecular weight excluding hydrogens is 282 g/mol. The third-order valence-corrected chi connectivity index (χ3v) is 4.16. The lowest BCUT2D eigenvalue weighted by Gasteiger charge is -2.01. The molecule has 0 radical (unpaired) electrons.